The number of benzene rings is 1. The minimum atomic E-state index is -3.73. The van der Waals surface area contributed by atoms with Crippen molar-refractivity contribution in [2.75, 3.05) is 19.6 Å². The lowest BCUT2D eigenvalue weighted by atomic mass is 10.0. The van der Waals surface area contributed by atoms with Crippen molar-refractivity contribution in [3.8, 4) is 0 Å². The van der Waals surface area contributed by atoms with E-state index in [9.17, 15) is 8.42 Å². The molecule has 0 aromatic heterocycles. The average molecular weight is 358 g/mol. The number of nitrogens with zero attached hydrogens (tertiary/aromatic N) is 1. The molecule has 1 aromatic carbocycles. The number of piperidine rings is 1. The maximum absolute atomic E-state index is 12.7. The maximum Gasteiger partial charge on any atom is 0.246 e. The van der Waals surface area contributed by atoms with Crippen molar-refractivity contribution in [1.29, 1.82) is 0 Å². The Kier molecular flexibility index (Phi) is 5.21. The van der Waals surface area contributed by atoms with Crippen molar-refractivity contribution in [2.45, 2.75) is 17.7 Å². The summed E-state index contributed by atoms with van der Waals surface area (Å²) in [5, 5.41) is 0.382. The van der Waals surface area contributed by atoms with Gasteiger partial charge in [-0.15, -0.1) is 0 Å². The molecule has 4 nitrogen and oxygen atoms in total. The van der Waals surface area contributed by atoms with Crippen LogP contribution in [0.4, 0.5) is 0 Å². The Morgan fingerprint density at radius 1 is 1.25 bits per heavy atom. The van der Waals surface area contributed by atoms with E-state index >= 15 is 0 Å². The number of rotatable bonds is 3. The second kappa shape index (κ2) is 6.38. The molecule has 0 bridgehead atoms. The third-order valence-electron chi connectivity index (χ3n) is 3.38. The molecule has 0 radical (unpaired) electrons. The molecule has 1 atom stereocenters. The van der Waals surface area contributed by atoms with E-state index in [0.29, 0.717) is 24.7 Å². The second-order valence-corrected chi connectivity index (χ2v) is 7.93. The standard InChI is InChI=1S/C12H15Cl3N2O2S/c13-9-4-10(14)12(11(15)5-9)20(18,19)17-3-1-2-8(6-16)7-17/h4-5,8H,1-3,6-7,16H2. The van der Waals surface area contributed by atoms with Crippen LogP contribution in [0, 0.1) is 5.92 Å². The van der Waals surface area contributed by atoms with Crippen LogP contribution in [0.3, 0.4) is 0 Å². The quantitative estimate of drug-likeness (QED) is 0.904. The molecule has 0 spiro atoms. The molecule has 0 saturated carbocycles. The molecule has 1 saturated heterocycles. The molecule has 1 heterocycles. The Morgan fingerprint density at radius 2 is 1.85 bits per heavy atom. The van der Waals surface area contributed by atoms with Gasteiger partial charge in [0.1, 0.15) is 4.90 Å². The van der Waals surface area contributed by atoms with E-state index in [1.807, 2.05) is 0 Å². The van der Waals surface area contributed by atoms with Crippen LogP contribution >= 0.6 is 34.8 Å². The fourth-order valence-electron chi connectivity index (χ4n) is 2.34. The van der Waals surface area contributed by atoms with Gasteiger partial charge in [-0.05, 0) is 37.4 Å². The van der Waals surface area contributed by atoms with Crippen LogP contribution in [0.25, 0.3) is 0 Å². The summed E-state index contributed by atoms with van der Waals surface area (Å²) in [7, 11) is -3.73. The van der Waals surface area contributed by atoms with Gasteiger partial charge in [-0.1, -0.05) is 34.8 Å². The van der Waals surface area contributed by atoms with Gasteiger partial charge in [-0.3, -0.25) is 0 Å². The maximum atomic E-state index is 12.7. The SMILES string of the molecule is NCC1CCCN(S(=O)(=O)c2c(Cl)cc(Cl)cc2Cl)C1. The van der Waals surface area contributed by atoms with Crippen molar-refractivity contribution < 1.29 is 8.42 Å². The first-order chi connectivity index (χ1) is 9.36. The molecule has 1 aliphatic rings. The monoisotopic (exact) mass is 356 g/mol. The highest BCUT2D eigenvalue weighted by atomic mass is 35.5. The fraction of sp³-hybridized carbons (Fsp3) is 0.500. The third kappa shape index (κ3) is 3.24. The molecule has 1 unspecified atom stereocenters. The summed E-state index contributed by atoms with van der Waals surface area (Å²) in [6, 6.07) is 2.76. The minimum absolute atomic E-state index is 0.0392. The van der Waals surface area contributed by atoms with Crippen LogP contribution < -0.4 is 5.73 Å². The summed E-state index contributed by atoms with van der Waals surface area (Å²) in [6.45, 7) is 1.32. The normalized spacial score (nSPS) is 21.1. The molecule has 1 aromatic rings. The molecule has 2 N–H and O–H groups in total. The molecule has 1 aliphatic heterocycles. The Hall–Kier alpha value is -0.0400. The van der Waals surface area contributed by atoms with E-state index in [0.717, 1.165) is 12.8 Å². The van der Waals surface area contributed by atoms with Crippen molar-refractivity contribution in [3.05, 3.63) is 27.2 Å². The highest BCUT2D eigenvalue weighted by molar-refractivity contribution is 7.89. The lowest BCUT2D eigenvalue weighted by Gasteiger charge is -2.31. The smallest absolute Gasteiger partial charge is 0.246 e. The van der Waals surface area contributed by atoms with Crippen LogP contribution in [-0.4, -0.2) is 32.4 Å². The topological polar surface area (TPSA) is 63.4 Å². The number of hydrogen-bond donors (Lipinski definition) is 1. The first-order valence-corrected chi connectivity index (χ1v) is 8.78. The predicted molar refractivity (Wildman–Crippen MR) is 82.0 cm³/mol. The highest BCUT2D eigenvalue weighted by Gasteiger charge is 2.33. The first-order valence-electron chi connectivity index (χ1n) is 6.21. The Balaban J connectivity index is 2.40. The van der Waals surface area contributed by atoms with Crippen molar-refractivity contribution >= 4 is 44.8 Å². The molecule has 20 heavy (non-hydrogen) atoms. The Morgan fingerprint density at radius 3 is 2.40 bits per heavy atom. The molecular weight excluding hydrogens is 343 g/mol. The van der Waals surface area contributed by atoms with Gasteiger partial charge in [0.15, 0.2) is 0 Å². The zero-order chi connectivity index (χ0) is 14.9. The van der Waals surface area contributed by atoms with Gasteiger partial charge >= 0.3 is 0 Å². The lowest BCUT2D eigenvalue weighted by molar-refractivity contribution is 0.271. The van der Waals surface area contributed by atoms with E-state index < -0.39 is 10.0 Å². The van der Waals surface area contributed by atoms with Crippen LogP contribution in [0.5, 0.6) is 0 Å². The van der Waals surface area contributed by atoms with E-state index in [2.05, 4.69) is 0 Å². The summed E-state index contributed by atoms with van der Waals surface area (Å²) < 4.78 is 26.7. The number of nitrogens with two attached hydrogens (primary N) is 1. The van der Waals surface area contributed by atoms with Gasteiger partial charge in [0.05, 0.1) is 10.0 Å². The summed E-state index contributed by atoms with van der Waals surface area (Å²) in [5.74, 6) is 0.170. The molecule has 0 aliphatic carbocycles. The van der Waals surface area contributed by atoms with E-state index in [1.165, 1.54) is 16.4 Å². The van der Waals surface area contributed by atoms with Crippen LogP contribution in [0.1, 0.15) is 12.8 Å². The summed E-state index contributed by atoms with van der Waals surface area (Å²) >= 11 is 17.8. The van der Waals surface area contributed by atoms with Crippen LogP contribution in [0.2, 0.25) is 15.1 Å². The van der Waals surface area contributed by atoms with Crippen molar-refractivity contribution in [1.82, 2.24) is 4.31 Å². The fourth-order valence-corrected chi connectivity index (χ4v) is 5.39. The molecule has 1 fully saturated rings. The first kappa shape index (κ1) is 16.3. The zero-order valence-corrected chi connectivity index (χ0v) is 13.7. The van der Waals surface area contributed by atoms with Gasteiger partial charge in [-0.25, -0.2) is 8.42 Å². The van der Waals surface area contributed by atoms with Gasteiger partial charge in [-0.2, -0.15) is 4.31 Å². The summed E-state index contributed by atoms with van der Waals surface area (Å²) in [6.07, 6.45) is 1.72. The van der Waals surface area contributed by atoms with Gasteiger partial charge < -0.3 is 5.73 Å². The lowest BCUT2D eigenvalue weighted by Crippen LogP contribution is -2.42. The number of sulfonamides is 1. The van der Waals surface area contributed by atoms with Gasteiger partial charge in [0.25, 0.3) is 0 Å². The second-order valence-electron chi connectivity index (χ2n) is 4.81. The molecule has 112 valence electrons. The Bertz CT molecular complexity index is 584. The van der Waals surface area contributed by atoms with E-state index in [-0.39, 0.29) is 20.9 Å². The summed E-state index contributed by atoms with van der Waals surface area (Å²) in [4.78, 5) is -0.0806. The average Bonchev–Trinajstić information content (AvgIpc) is 2.37. The highest BCUT2D eigenvalue weighted by Crippen LogP contribution is 2.35. The molecule has 0 amide bonds. The number of halogens is 3. The van der Waals surface area contributed by atoms with Crippen LogP contribution in [0.15, 0.2) is 17.0 Å². The third-order valence-corrected chi connectivity index (χ3v) is 6.38. The minimum Gasteiger partial charge on any atom is -0.330 e. The van der Waals surface area contributed by atoms with Gasteiger partial charge in [0.2, 0.25) is 10.0 Å². The predicted octanol–water partition coefficient (Wildman–Crippen LogP) is 3.01. The molecule has 8 heteroatoms. The van der Waals surface area contributed by atoms with Gasteiger partial charge in [0, 0.05) is 18.1 Å². The molecular formula is C12H15Cl3N2O2S. The number of hydrogen-bond acceptors (Lipinski definition) is 3. The largest absolute Gasteiger partial charge is 0.330 e. The Labute approximate surface area is 133 Å². The van der Waals surface area contributed by atoms with E-state index in [4.69, 9.17) is 40.5 Å². The van der Waals surface area contributed by atoms with Crippen molar-refractivity contribution in [3.63, 3.8) is 0 Å². The zero-order valence-electron chi connectivity index (χ0n) is 10.7. The molecule has 2 rings (SSSR count). The summed E-state index contributed by atoms with van der Waals surface area (Å²) in [5.41, 5.74) is 5.64. The van der Waals surface area contributed by atoms with Crippen LogP contribution in [-0.2, 0) is 10.0 Å². The van der Waals surface area contributed by atoms with Crippen molar-refractivity contribution in [2.24, 2.45) is 11.7 Å². The van der Waals surface area contributed by atoms with E-state index in [1.54, 1.807) is 0 Å².